The number of rotatable bonds is 5. The van der Waals surface area contributed by atoms with Gasteiger partial charge in [0.1, 0.15) is 0 Å². The predicted molar refractivity (Wildman–Crippen MR) is 108 cm³/mol. The minimum atomic E-state index is -0.599. The molecule has 2 fully saturated rings. The van der Waals surface area contributed by atoms with E-state index in [1.54, 1.807) is 4.90 Å². The summed E-state index contributed by atoms with van der Waals surface area (Å²) in [5, 5.41) is 16.9. The van der Waals surface area contributed by atoms with Crippen LogP contribution in [0, 0.1) is 5.92 Å². The van der Waals surface area contributed by atoms with Crippen molar-refractivity contribution < 1.29 is 9.90 Å². The van der Waals surface area contributed by atoms with Crippen LogP contribution in [0.15, 0.2) is 4.99 Å². The highest BCUT2D eigenvalue weighted by molar-refractivity contribution is 14.0. The first kappa shape index (κ1) is 21.5. The second-order valence-electron chi connectivity index (χ2n) is 7.21. The molecule has 0 aromatic rings. The first-order valence-corrected chi connectivity index (χ1v) is 8.92. The number of amides is 1. The van der Waals surface area contributed by atoms with Crippen molar-refractivity contribution in [1.29, 1.82) is 0 Å². The van der Waals surface area contributed by atoms with Gasteiger partial charge in [0.05, 0.1) is 12.1 Å². The van der Waals surface area contributed by atoms with Crippen LogP contribution in [0.1, 0.15) is 51.9 Å². The van der Waals surface area contributed by atoms with Crippen molar-refractivity contribution in [3.05, 3.63) is 0 Å². The normalized spacial score (nSPS) is 25.9. The molecule has 0 aliphatic heterocycles. The van der Waals surface area contributed by atoms with Crippen molar-refractivity contribution >= 4 is 35.8 Å². The number of guanidine groups is 1. The molecule has 0 heterocycles. The van der Waals surface area contributed by atoms with Crippen LogP contribution in [0.25, 0.3) is 0 Å². The number of hydrogen-bond donors (Lipinski definition) is 3. The summed E-state index contributed by atoms with van der Waals surface area (Å²) in [7, 11) is 3.65. The highest BCUT2D eigenvalue weighted by Gasteiger charge is 2.34. The van der Waals surface area contributed by atoms with Gasteiger partial charge < -0.3 is 20.6 Å². The third-order valence-corrected chi connectivity index (χ3v) is 4.97. The number of nitrogens with one attached hydrogen (secondary N) is 2. The zero-order chi connectivity index (χ0) is 16.9. The average Bonchev–Trinajstić information content (AvgIpc) is 2.50. The lowest BCUT2D eigenvalue weighted by Gasteiger charge is -2.35. The number of halogens is 1. The van der Waals surface area contributed by atoms with E-state index in [4.69, 9.17) is 0 Å². The molecule has 0 saturated heterocycles. The molecule has 2 aliphatic carbocycles. The summed E-state index contributed by atoms with van der Waals surface area (Å²) in [6, 6.07) is 0.270. The van der Waals surface area contributed by atoms with Gasteiger partial charge in [0.15, 0.2) is 5.96 Å². The zero-order valence-corrected chi connectivity index (χ0v) is 17.5. The molecule has 140 valence electrons. The van der Waals surface area contributed by atoms with Crippen LogP contribution in [0.4, 0.5) is 0 Å². The van der Waals surface area contributed by atoms with Gasteiger partial charge in [0.25, 0.3) is 0 Å². The van der Waals surface area contributed by atoms with Crippen molar-refractivity contribution in [2.75, 3.05) is 27.2 Å². The van der Waals surface area contributed by atoms with Crippen LogP contribution in [-0.4, -0.2) is 60.7 Å². The van der Waals surface area contributed by atoms with Crippen LogP contribution >= 0.6 is 24.0 Å². The number of aliphatic hydroxyl groups is 1. The molecule has 2 rings (SSSR count). The molecular weight excluding hydrogens is 419 g/mol. The summed E-state index contributed by atoms with van der Waals surface area (Å²) in [6.07, 6.45) is 6.73. The first-order valence-electron chi connectivity index (χ1n) is 8.92. The van der Waals surface area contributed by atoms with Crippen molar-refractivity contribution in [3.63, 3.8) is 0 Å². The van der Waals surface area contributed by atoms with Crippen molar-refractivity contribution in [1.82, 2.24) is 15.5 Å². The van der Waals surface area contributed by atoms with E-state index in [-0.39, 0.29) is 41.8 Å². The Morgan fingerprint density at radius 2 is 2.00 bits per heavy atom. The van der Waals surface area contributed by atoms with Crippen LogP contribution in [0.3, 0.4) is 0 Å². The van der Waals surface area contributed by atoms with E-state index in [1.807, 2.05) is 21.0 Å². The quantitative estimate of drug-likeness (QED) is 0.337. The maximum absolute atomic E-state index is 12.2. The van der Waals surface area contributed by atoms with Crippen LogP contribution in [0.5, 0.6) is 0 Å². The standard InChI is InChI=1S/C17H32N4O2.HI/c1-4-18-16(19-12-17(23)9-6-10-17)20-14-8-5-7-13(11-14)15(22)21(2)3;/h13-14,23H,4-12H2,1-3H3,(H2,18,19,20);1H. The summed E-state index contributed by atoms with van der Waals surface area (Å²) in [5.41, 5.74) is -0.599. The highest BCUT2D eigenvalue weighted by atomic mass is 127. The lowest BCUT2D eigenvalue weighted by atomic mass is 9.80. The second-order valence-corrected chi connectivity index (χ2v) is 7.21. The molecule has 0 spiro atoms. The van der Waals surface area contributed by atoms with E-state index in [1.165, 1.54) is 0 Å². The van der Waals surface area contributed by atoms with Gasteiger partial charge in [-0.05, 0) is 45.4 Å². The molecule has 3 N–H and O–H groups in total. The van der Waals surface area contributed by atoms with Gasteiger partial charge in [-0.2, -0.15) is 0 Å². The molecule has 2 unspecified atom stereocenters. The van der Waals surface area contributed by atoms with E-state index in [0.29, 0.717) is 6.54 Å². The maximum Gasteiger partial charge on any atom is 0.225 e. The van der Waals surface area contributed by atoms with Crippen molar-refractivity contribution in [3.8, 4) is 0 Å². The molecule has 2 aliphatic rings. The molecule has 24 heavy (non-hydrogen) atoms. The van der Waals surface area contributed by atoms with E-state index in [9.17, 15) is 9.90 Å². The second kappa shape index (κ2) is 9.79. The number of hydrogen-bond acceptors (Lipinski definition) is 3. The van der Waals surface area contributed by atoms with Gasteiger partial charge in [0, 0.05) is 32.6 Å². The molecule has 7 heteroatoms. The largest absolute Gasteiger partial charge is 0.388 e. The van der Waals surface area contributed by atoms with Crippen LogP contribution in [0.2, 0.25) is 0 Å². The summed E-state index contributed by atoms with van der Waals surface area (Å²) in [5.74, 6) is 1.09. The summed E-state index contributed by atoms with van der Waals surface area (Å²) in [4.78, 5) is 18.4. The Morgan fingerprint density at radius 3 is 2.54 bits per heavy atom. The third kappa shape index (κ3) is 6.06. The van der Waals surface area contributed by atoms with Gasteiger partial charge >= 0.3 is 0 Å². The Bertz CT molecular complexity index is 438. The monoisotopic (exact) mass is 452 g/mol. The van der Waals surface area contributed by atoms with Gasteiger partial charge in [-0.15, -0.1) is 24.0 Å². The lowest BCUT2D eigenvalue weighted by Crippen LogP contribution is -2.48. The van der Waals surface area contributed by atoms with Gasteiger partial charge in [0.2, 0.25) is 5.91 Å². The van der Waals surface area contributed by atoms with E-state index in [0.717, 1.165) is 57.5 Å². The molecule has 0 aromatic heterocycles. The van der Waals surface area contributed by atoms with E-state index < -0.39 is 5.60 Å². The number of nitrogens with zero attached hydrogens (tertiary/aromatic N) is 2. The van der Waals surface area contributed by atoms with Gasteiger partial charge in [-0.1, -0.05) is 6.42 Å². The third-order valence-electron chi connectivity index (χ3n) is 4.97. The Labute approximate surface area is 162 Å². The molecular formula is C17H33IN4O2. The maximum atomic E-state index is 12.2. The number of carbonyl (C=O) groups is 1. The minimum Gasteiger partial charge on any atom is -0.388 e. The number of carbonyl (C=O) groups excluding carboxylic acids is 1. The van der Waals surface area contributed by atoms with E-state index in [2.05, 4.69) is 15.6 Å². The Hall–Kier alpha value is -0.570. The smallest absolute Gasteiger partial charge is 0.225 e. The first-order chi connectivity index (χ1) is 10.9. The molecule has 0 radical (unpaired) electrons. The zero-order valence-electron chi connectivity index (χ0n) is 15.2. The SMILES string of the molecule is CCNC(=NCC1(O)CCC1)NC1CCCC(C(=O)N(C)C)C1.I. The Morgan fingerprint density at radius 1 is 1.29 bits per heavy atom. The molecule has 2 saturated carbocycles. The predicted octanol–water partition coefficient (Wildman–Crippen LogP) is 1.72. The highest BCUT2D eigenvalue weighted by Crippen LogP contribution is 2.31. The molecule has 0 bridgehead atoms. The Balaban J connectivity index is 0.00000288. The average molecular weight is 452 g/mol. The van der Waals surface area contributed by atoms with E-state index >= 15 is 0 Å². The van der Waals surface area contributed by atoms with Crippen molar-refractivity contribution in [2.45, 2.75) is 63.5 Å². The minimum absolute atomic E-state index is 0. The Kier molecular flexibility index (Phi) is 8.76. The number of aliphatic imine (C=N–C) groups is 1. The summed E-state index contributed by atoms with van der Waals surface area (Å²) < 4.78 is 0. The molecule has 1 amide bonds. The van der Waals surface area contributed by atoms with Gasteiger partial charge in [-0.3, -0.25) is 9.79 Å². The van der Waals surface area contributed by atoms with Crippen LogP contribution in [-0.2, 0) is 4.79 Å². The fourth-order valence-corrected chi connectivity index (χ4v) is 3.39. The molecule has 2 atom stereocenters. The fraction of sp³-hybridized carbons (Fsp3) is 0.882. The summed E-state index contributed by atoms with van der Waals surface area (Å²) >= 11 is 0. The lowest BCUT2D eigenvalue weighted by molar-refractivity contribution is -0.134. The van der Waals surface area contributed by atoms with Crippen molar-refractivity contribution in [2.24, 2.45) is 10.9 Å². The molecule has 6 nitrogen and oxygen atoms in total. The molecule has 0 aromatic carbocycles. The topological polar surface area (TPSA) is 77.0 Å². The summed E-state index contributed by atoms with van der Waals surface area (Å²) in [6.45, 7) is 3.28. The fourth-order valence-electron chi connectivity index (χ4n) is 3.39. The van der Waals surface area contributed by atoms with Crippen LogP contribution < -0.4 is 10.6 Å². The van der Waals surface area contributed by atoms with Gasteiger partial charge in [-0.25, -0.2) is 0 Å².